The number of nitrogens with zero attached hydrogens (tertiary/aromatic N) is 2. The number of methoxy groups -OCH3 is 1. The van der Waals surface area contributed by atoms with Crippen LogP contribution in [0.2, 0.25) is 0 Å². The number of thioether (sulfide) groups is 1. The van der Waals surface area contributed by atoms with Crippen LogP contribution in [0.3, 0.4) is 0 Å². The van der Waals surface area contributed by atoms with Gasteiger partial charge in [0.05, 0.1) is 29.8 Å². The summed E-state index contributed by atoms with van der Waals surface area (Å²) in [5, 5.41) is 5.84. The smallest absolute Gasteiger partial charge is 0.321 e. The number of para-hydroxylation sites is 1. The lowest BCUT2D eigenvalue weighted by Gasteiger charge is -2.20. The topological polar surface area (TPSA) is 102 Å². The number of urea groups is 1. The predicted octanol–water partition coefficient (Wildman–Crippen LogP) is 1.76. The van der Waals surface area contributed by atoms with Gasteiger partial charge in [-0.05, 0) is 32.9 Å². The van der Waals surface area contributed by atoms with Gasteiger partial charge in [-0.2, -0.15) is 0 Å². The number of hydrogen-bond acceptors (Lipinski definition) is 6. The zero-order chi connectivity index (χ0) is 20.0. The van der Waals surface area contributed by atoms with Crippen molar-refractivity contribution in [1.29, 1.82) is 0 Å². The molecule has 2 rings (SSSR count). The van der Waals surface area contributed by atoms with Gasteiger partial charge in [-0.25, -0.2) is 9.78 Å². The normalized spacial score (nSPS) is 11.4. The van der Waals surface area contributed by atoms with Gasteiger partial charge < -0.3 is 10.1 Å². The second-order valence-corrected chi connectivity index (χ2v) is 7.84. The first-order valence-electron chi connectivity index (χ1n) is 8.44. The van der Waals surface area contributed by atoms with Crippen LogP contribution < -0.4 is 16.2 Å². The van der Waals surface area contributed by atoms with E-state index in [-0.39, 0.29) is 11.3 Å². The van der Waals surface area contributed by atoms with Crippen molar-refractivity contribution in [2.24, 2.45) is 0 Å². The van der Waals surface area contributed by atoms with E-state index >= 15 is 0 Å². The van der Waals surface area contributed by atoms with Crippen molar-refractivity contribution in [2.75, 3.05) is 19.5 Å². The molecule has 2 N–H and O–H groups in total. The van der Waals surface area contributed by atoms with Crippen molar-refractivity contribution >= 4 is 34.6 Å². The summed E-state index contributed by atoms with van der Waals surface area (Å²) >= 11 is 1.10. The molecule has 0 aliphatic rings. The van der Waals surface area contributed by atoms with E-state index in [4.69, 9.17) is 4.74 Å². The van der Waals surface area contributed by atoms with E-state index in [1.54, 1.807) is 31.4 Å². The molecule has 9 heteroatoms. The Kier molecular flexibility index (Phi) is 6.98. The van der Waals surface area contributed by atoms with Crippen molar-refractivity contribution < 1.29 is 14.3 Å². The van der Waals surface area contributed by atoms with Gasteiger partial charge in [-0.1, -0.05) is 23.9 Å². The predicted molar refractivity (Wildman–Crippen MR) is 105 cm³/mol. The summed E-state index contributed by atoms with van der Waals surface area (Å²) in [6, 6.07) is 6.48. The number of carbonyl (C=O) groups excluding carboxylic acids is 2. The Hall–Kier alpha value is -2.39. The van der Waals surface area contributed by atoms with E-state index < -0.39 is 17.5 Å². The lowest BCUT2D eigenvalue weighted by atomic mass is 10.1. The van der Waals surface area contributed by atoms with Crippen molar-refractivity contribution in [2.45, 2.75) is 38.0 Å². The molecule has 8 nitrogen and oxygen atoms in total. The summed E-state index contributed by atoms with van der Waals surface area (Å²) in [7, 11) is 1.55. The third-order valence-electron chi connectivity index (χ3n) is 3.42. The van der Waals surface area contributed by atoms with Crippen LogP contribution in [-0.2, 0) is 16.1 Å². The zero-order valence-electron chi connectivity index (χ0n) is 15.9. The molecule has 1 aromatic carbocycles. The van der Waals surface area contributed by atoms with Crippen molar-refractivity contribution in [3.05, 3.63) is 34.6 Å². The van der Waals surface area contributed by atoms with Crippen LogP contribution in [0, 0.1) is 0 Å². The van der Waals surface area contributed by atoms with Crippen molar-refractivity contribution in [1.82, 2.24) is 20.2 Å². The molecule has 0 fully saturated rings. The molecule has 1 aromatic heterocycles. The molecule has 2 aromatic rings. The number of fused-ring (bicyclic) bond motifs is 1. The number of nitrogens with one attached hydrogen (secondary N) is 2. The maximum atomic E-state index is 12.7. The third-order valence-corrected chi connectivity index (χ3v) is 4.40. The highest BCUT2D eigenvalue weighted by atomic mass is 32.2. The first-order valence-corrected chi connectivity index (χ1v) is 9.43. The van der Waals surface area contributed by atoms with Gasteiger partial charge in [-0.3, -0.25) is 19.5 Å². The number of hydrogen-bond donors (Lipinski definition) is 2. The molecule has 1 heterocycles. The highest BCUT2D eigenvalue weighted by molar-refractivity contribution is 7.99. The summed E-state index contributed by atoms with van der Waals surface area (Å²) in [5.74, 6) is -0.516. The lowest BCUT2D eigenvalue weighted by Crippen LogP contribution is -2.48. The summed E-state index contributed by atoms with van der Waals surface area (Å²) in [5.41, 5.74) is -0.0755. The van der Waals surface area contributed by atoms with Crippen LogP contribution >= 0.6 is 11.8 Å². The third kappa shape index (κ3) is 6.07. The zero-order valence-corrected chi connectivity index (χ0v) is 16.7. The number of rotatable bonds is 6. The Morgan fingerprint density at radius 3 is 2.63 bits per heavy atom. The van der Waals surface area contributed by atoms with E-state index in [1.165, 1.54) is 4.57 Å². The fourth-order valence-corrected chi connectivity index (χ4v) is 3.13. The summed E-state index contributed by atoms with van der Waals surface area (Å²) in [6.45, 7) is 6.12. The molecular formula is C18H24N4O4S. The number of imide groups is 1. The molecule has 0 saturated heterocycles. The molecule has 0 radical (unpaired) electrons. The first-order chi connectivity index (χ1) is 12.7. The Labute approximate surface area is 161 Å². The molecule has 146 valence electrons. The van der Waals surface area contributed by atoms with E-state index in [9.17, 15) is 14.4 Å². The molecular weight excluding hydrogens is 368 g/mol. The molecule has 0 spiro atoms. The standard InChI is InChI=1S/C18H24N4O4S/c1-18(2,3)21-16(25)20-14(23)11-27-17-19-13-8-6-5-7-12(13)15(24)22(17)9-10-26-4/h5-8H,9-11H2,1-4H3,(H2,20,21,23,25). The minimum absolute atomic E-state index is 0.0463. The minimum atomic E-state index is -0.559. The molecule has 27 heavy (non-hydrogen) atoms. The number of amides is 3. The van der Waals surface area contributed by atoms with Gasteiger partial charge in [0, 0.05) is 12.6 Å². The average molecular weight is 392 g/mol. The minimum Gasteiger partial charge on any atom is -0.383 e. The van der Waals surface area contributed by atoms with Gasteiger partial charge in [-0.15, -0.1) is 0 Å². The van der Waals surface area contributed by atoms with Crippen LogP contribution in [0.4, 0.5) is 4.79 Å². The Morgan fingerprint density at radius 2 is 1.96 bits per heavy atom. The van der Waals surface area contributed by atoms with E-state index in [0.717, 1.165) is 11.8 Å². The van der Waals surface area contributed by atoms with Gasteiger partial charge >= 0.3 is 6.03 Å². The molecule has 0 aliphatic heterocycles. The maximum Gasteiger partial charge on any atom is 0.321 e. The maximum absolute atomic E-state index is 12.7. The van der Waals surface area contributed by atoms with Gasteiger partial charge in [0.1, 0.15) is 0 Å². The van der Waals surface area contributed by atoms with Crippen LogP contribution in [-0.4, -0.2) is 46.5 Å². The highest BCUT2D eigenvalue weighted by Gasteiger charge is 2.17. The molecule has 0 unspecified atom stereocenters. The van der Waals surface area contributed by atoms with Crippen molar-refractivity contribution in [3.63, 3.8) is 0 Å². The monoisotopic (exact) mass is 392 g/mol. The highest BCUT2D eigenvalue weighted by Crippen LogP contribution is 2.17. The average Bonchev–Trinajstić information content (AvgIpc) is 2.57. The Balaban J connectivity index is 2.16. The second-order valence-electron chi connectivity index (χ2n) is 6.90. The van der Waals surface area contributed by atoms with Gasteiger partial charge in [0.2, 0.25) is 5.91 Å². The number of benzene rings is 1. The van der Waals surface area contributed by atoms with Crippen LogP contribution in [0.25, 0.3) is 10.9 Å². The number of carbonyl (C=O) groups is 2. The Morgan fingerprint density at radius 1 is 1.26 bits per heavy atom. The second kappa shape index (κ2) is 9.01. The quantitative estimate of drug-likeness (QED) is 0.574. The van der Waals surface area contributed by atoms with E-state index in [1.807, 2.05) is 20.8 Å². The van der Waals surface area contributed by atoms with Crippen LogP contribution in [0.1, 0.15) is 20.8 Å². The molecule has 0 atom stereocenters. The van der Waals surface area contributed by atoms with Crippen molar-refractivity contribution in [3.8, 4) is 0 Å². The van der Waals surface area contributed by atoms with Crippen LogP contribution in [0.15, 0.2) is 34.2 Å². The fraction of sp³-hybridized carbons (Fsp3) is 0.444. The summed E-state index contributed by atoms with van der Waals surface area (Å²) in [6.07, 6.45) is 0. The SMILES string of the molecule is COCCn1c(SCC(=O)NC(=O)NC(C)(C)C)nc2ccccc2c1=O. The van der Waals surface area contributed by atoms with Gasteiger partial charge in [0.25, 0.3) is 5.56 Å². The molecule has 3 amide bonds. The molecule has 0 bridgehead atoms. The van der Waals surface area contributed by atoms with Crippen LogP contribution in [0.5, 0.6) is 0 Å². The first kappa shape index (κ1) is 20.9. The Bertz CT molecular complexity index is 889. The number of ether oxygens (including phenoxy) is 1. The van der Waals surface area contributed by atoms with E-state index in [2.05, 4.69) is 15.6 Å². The summed E-state index contributed by atoms with van der Waals surface area (Å²) < 4.78 is 6.55. The largest absolute Gasteiger partial charge is 0.383 e. The summed E-state index contributed by atoms with van der Waals surface area (Å²) in [4.78, 5) is 41.0. The molecule has 0 saturated carbocycles. The fourth-order valence-electron chi connectivity index (χ4n) is 2.30. The van der Waals surface area contributed by atoms with Gasteiger partial charge in [0.15, 0.2) is 5.16 Å². The van der Waals surface area contributed by atoms with E-state index in [0.29, 0.717) is 29.2 Å². The molecule has 0 aliphatic carbocycles. The number of aromatic nitrogens is 2. The lowest BCUT2D eigenvalue weighted by molar-refractivity contribution is -0.117.